The first-order valence-corrected chi connectivity index (χ1v) is 11.4. The Bertz CT molecular complexity index is 919. The van der Waals surface area contributed by atoms with Crippen LogP contribution in [-0.4, -0.2) is 55.0 Å². The lowest BCUT2D eigenvalue weighted by molar-refractivity contribution is -0.138. The number of likely N-dealkylation sites (tertiary alicyclic amines) is 1. The molecule has 172 valence electrons. The van der Waals surface area contributed by atoms with Crippen LogP contribution in [0, 0.1) is 5.92 Å². The molecule has 2 aromatic rings. The maximum Gasteiger partial charge on any atom is 0.416 e. The van der Waals surface area contributed by atoms with Crippen molar-refractivity contribution in [3.05, 3.63) is 64.7 Å². The number of hydrogen-bond donors (Lipinski definition) is 0. The van der Waals surface area contributed by atoms with Crippen LogP contribution in [-0.2, 0) is 17.5 Å². The first-order chi connectivity index (χ1) is 15.3. The zero-order valence-electron chi connectivity index (χ0n) is 17.8. The quantitative estimate of drug-likeness (QED) is 0.641. The molecule has 0 atom stereocenters. The van der Waals surface area contributed by atoms with E-state index in [1.165, 1.54) is 17.7 Å². The zero-order valence-corrected chi connectivity index (χ0v) is 18.6. The number of piperidine rings is 1. The maximum atomic E-state index is 13.0. The Morgan fingerprint density at radius 1 is 0.938 bits per heavy atom. The van der Waals surface area contributed by atoms with E-state index in [4.69, 9.17) is 11.6 Å². The van der Waals surface area contributed by atoms with Crippen LogP contribution >= 0.6 is 11.6 Å². The van der Waals surface area contributed by atoms with Gasteiger partial charge in [0.1, 0.15) is 0 Å². The largest absolute Gasteiger partial charge is 0.416 e. The monoisotopic (exact) mass is 465 g/mol. The van der Waals surface area contributed by atoms with Crippen molar-refractivity contribution in [2.24, 2.45) is 5.92 Å². The normalized spacial score (nSPS) is 18.8. The van der Waals surface area contributed by atoms with Crippen LogP contribution in [0.25, 0.3) is 0 Å². The Kier molecular flexibility index (Phi) is 6.96. The molecule has 2 heterocycles. The Morgan fingerprint density at radius 2 is 1.59 bits per heavy atom. The lowest BCUT2D eigenvalue weighted by Crippen LogP contribution is -2.51. The van der Waals surface area contributed by atoms with Gasteiger partial charge in [0.05, 0.1) is 5.56 Å². The minimum Gasteiger partial charge on any atom is -0.368 e. The van der Waals surface area contributed by atoms with Crippen molar-refractivity contribution in [1.82, 2.24) is 9.80 Å². The molecule has 4 rings (SSSR count). The Hall–Kier alpha value is -2.25. The van der Waals surface area contributed by atoms with Gasteiger partial charge in [-0.1, -0.05) is 29.8 Å². The number of carbonyl (C=O) groups excluding carboxylic acids is 1. The molecule has 0 bridgehead atoms. The smallest absolute Gasteiger partial charge is 0.368 e. The van der Waals surface area contributed by atoms with Crippen molar-refractivity contribution >= 4 is 23.2 Å². The number of halogens is 4. The third-order valence-corrected chi connectivity index (χ3v) is 6.64. The summed E-state index contributed by atoms with van der Waals surface area (Å²) in [6.45, 7) is 4.78. The lowest BCUT2D eigenvalue weighted by atomic mass is 9.94. The summed E-state index contributed by atoms with van der Waals surface area (Å²) in [5, 5.41) is 0.728. The van der Waals surface area contributed by atoms with Gasteiger partial charge in [0.15, 0.2) is 0 Å². The summed E-state index contributed by atoms with van der Waals surface area (Å²) in [5.41, 5.74) is 1.13. The SMILES string of the molecule is O=C(C1CCN(Cc2ccc(Cl)cc2)CC1)N1CCN(c2cccc(C(F)(F)F)c2)CC1. The first-order valence-electron chi connectivity index (χ1n) is 11.0. The summed E-state index contributed by atoms with van der Waals surface area (Å²) in [6, 6.07) is 13.3. The van der Waals surface area contributed by atoms with Gasteiger partial charge in [-0.2, -0.15) is 13.2 Å². The summed E-state index contributed by atoms with van der Waals surface area (Å²) in [5.74, 6) is 0.205. The van der Waals surface area contributed by atoms with E-state index in [9.17, 15) is 18.0 Å². The molecular weight excluding hydrogens is 439 g/mol. The molecule has 32 heavy (non-hydrogen) atoms. The van der Waals surface area contributed by atoms with Crippen molar-refractivity contribution in [2.75, 3.05) is 44.2 Å². The molecule has 0 saturated carbocycles. The summed E-state index contributed by atoms with van der Waals surface area (Å²) in [6.07, 6.45) is -2.68. The fraction of sp³-hybridized carbons (Fsp3) is 0.458. The number of anilines is 1. The van der Waals surface area contributed by atoms with E-state index in [1.54, 1.807) is 6.07 Å². The van der Waals surface area contributed by atoms with Crippen molar-refractivity contribution in [2.45, 2.75) is 25.6 Å². The molecule has 1 amide bonds. The van der Waals surface area contributed by atoms with Crippen molar-refractivity contribution in [3.8, 4) is 0 Å². The minimum atomic E-state index is -4.35. The van der Waals surface area contributed by atoms with Gasteiger partial charge in [-0.05, 0) is 61.8 Å². The highest BCUT2D eigenvalue weighted by Crippen LogP contribution is 2.32. The van der Waals surface area contributed by atoms with Gasteiger partial charge in [0, 0.05) is 49.4 Å². The summed E-state index contributed by atoms with van der Waals surface area (Å²) >= 11 is 5.95. The Labute approximate surface area is 191 Å². The molecule has 2 fully saturated rings. The summed E-state index contributed by atoms with van der Waals surface area (Å²) in [7, 11) is 0. The van der Waals surface area contributed by atoms with Gasteiger partial charge in [0.25, 0.3) is 0 Å². The predicted octanol–water partition coefficient (Wildman–Crippen LogP) is 4.92. The van der Waals surface area contributed by atoms with E-state index in [0.29, 0.717) is 31.9 Å². The first kappa shape index (κ1) is 22.9. The van der Waals surface area contributed by atoms with Crippen molar-refractivity contribution in [3.63, 3.8) is 0 Å². The second-order valence-corrected chi connectivity index (χ2v) is 8.97. The van der Waals surface area contributed by atoms with Crippen LogP contribution in [0.3, 0.4) is 0 Å². The Morgan fingerprint density at radius 3 is 2.22 bits per heavy atom. The van der Waals surface area contributed by atoms with Crippen LogP contribution in [0.1, 0.15) is 24.0 Å². The topological polar surface area (TPSA) is 26.8 Å². The number of benzene rings is 2. The van der Waals surface area contributed by atoms with E-state index in [-0.39, 0.29) is 11.8 Å². The van der Waals surface area contributed by atoms with E-state index < -0.39 is 11.7 Å². The van der Waals surface area contributed by atoms with Gasteiger partial charge in [-0.3, -0.25) is 9.69 Å². The third-order valence-electron chi connectivity index (χ3n) is 6.39. The number of piperazine rings is 1. The Balaban J connectivity index is 1.26. The molecule has 2 saturated heterocycles. The number of amides is 1. The van der Waals surface area contributed by atoms with E-state index >= 15 is 0 Å². The molecule has 2 aliphatic rings. The molecule has 0 N–H and O–H groups in total. The fourth-order valence-corrected chi connectivity index (χ4v) is 4.63. The van der Waals surface area contributed by atoms with E-state index in [2.05, 4.69) is 4.90 Å². The molecular formula is C24H27ClF3N3O. The molecule has 0 aromatic heterocycles. The number of hydrogen-bond acceptors (Lipinski definition) is 3. The van der Waals surface area contributed by atoms with E-state index in [0.717, 1.165) is 43.6 Å². The van der Waals surface area contributed by atoms with Crippen LogP contribution < -0.4 is 4.90 Å². The van der Waals surface area contributed by atoms with Crippen LogP contribution in [0.2, 0.25) is 5.02 Å². The number of rotatable bonds is 4. The number of carbonyl (C=O) groups is 1. The number of nitrogens with zero attached hydrogens (tertiary/aromatic N) is 3. The van der Waals surface area contributed by atoms with Crippen LogP contribution in [0.5, 0.6) is 0 Å². The van der Waals surface area contributed by atoms with Crippen LogP contribution in [0.4, 0.5) is 18.9 Å². The highest BCUT2D eigenvalue weighted by Gasteiger charge is 2.32. The molecule has 0 radical (unpaired) electrons. The van der Waals surface area contributed by atoms with Crippen molar-refractivity contribution < 1.29 is 18.0 Å². The highest BCUT2D eigenvalue weighted by molar-refractivity contribution is 6.30. The lowest BCUT2D eigenvalue weighted by Gasteiger charge is -2.39. The predicted molar refractivity (Wildman–Crippen MR) is 120 cm³/mol. The third kappa shape index (κ3) is 5.56. The second kappa shape index (κ2) is 9.71. The second-order valence-electron chi connectivity index (χ2n) is 8.54. The average Bonchev–Trinajstić information content (AvgIpc) is 2.80. The molecule has 0 unspecified atom stereocenters. The van der Waals surface area contributed by atoms with Gasteiger partial charge in [-0.15, -0.1) is 0 Å². The van der Waals surface area contributed by atoms with Crippen molar-refractivity contribution in [1.29, 1.82) is 0 Å². The van der Waals surface area contributed by atoms with Gasteiger partial charge >= 0.3 is 6.18 Å². The average molecular weight is 466 g/mol. The molecule has 0 spiro atoms. The minimum absolute atomic E-state index is 0.0246. The molecule has 8 heteroatoms. The van der Waals surface area contributed by atoms with Crippen LogP contribution in [0.15, 0.2) is 48.5 Å². The van der Waals surface area contributed by atoms with E-state index in [1.807, 2.05) is 34.1 Å². The summed E-state index contributed by atoms with van der Waals surface area (Å²) < 4.78 is 39.0. The van der Waals surface area contributed by atoms with Gasteiger partial charge in [-0.25, -0.2) is 0 Å². The van der Waals surface area contributed by atoms with Gasteiger partial charge in [0.2, 0.25) is 5.91 Å². The number of alkyl halides is 3. The molecule has 4 nitrogen and oxygen atoms in total. The zero-order chi connectivity index (χ0) is 22.7. The molecule has 2 aliphatic heterocycles. The maximum absolute atomic E-state index is 13.0. The fourth-order valence-electron chi connectivity index (χ4n) is 4.51. The highest BCUT2D eigenvalue weighted by atomic mass is 35.5. The molecule has 0 aliphatic carbocycles. The standard InChI is InChI=1S/C24H27ClF3N3O/c25-21-6-4-18(5-7-21)17-29-10-8-19(9-11-29)23(32)31-14-12-30(13-15-31)22-3-1-2-20(16-22)24(26,27)28/h1-7,16,19H,8-15,17H2. The van der Waals surface area contributed by atoms with Gasteiger partial charge < -0.3 is 9.80 Å². The summed E-state index contributed by atoms with van der Waals surface area (Å²) in [4.78, 5) is 19.2. The molecule has 2 aromatic carbocycles.